The molecule has 0 unspecified atom stereocenters. The molecule has 9 nitrogen and oxygen atoms in total. The summed E-state index contributed by atoms with van der Waals surface area (Å²) in [5.74, 6) is 2.27. The Balaban J connectivity index is 0.00000196. The van der Waals surface area contributed by atoms with Crippen molar-refractivity contribution in [3.8, 4) is 11.4 Å². The molecule has 0 spiro atoms. The van der Waals surface area contributed by atoms with Crippen LogP contribution in [0.25, 0.3) is 11.4 Å². The first-order valence-electron chi connectivity index (χ1n) is 7.64. The van der Waals surface area contributed by atoms with E-state index >= 15 is 0 Å². The van der Waals surface area contributed by atoms with Crippen molar-refractivity contribution in [2.24, 2.45) is 5.14 Å². The predicted octanol–water partition coefficient (Wildman–Crippen LogP) is 2.51. The van der Waals surface area contributed by atoms with E-state index in [2.05, 4.69) is 30.5 Å². The molecule has 3 aromatic rings. The Hall–Kier alpha value is -2.85. The average Bonchev–Trinajstić information content (AvgIpc) is 3.35. The van der Waals surface area contributed by atoms with E-state index in [9.17, 15) is 8.42 Å². The number of aromatic amines is 1. The van der Waals surface area contributed by atoms with Crippen molar-refractivity contribution in [3.05, 3.63) is 42.4 Å². The number of H-pyrrole nitrogens is 1. The number of sulfonamides is 1. The van der Waals surface area contributed by atoms with Gasteiger partial charge in [-0.1, -0.05) is 0 Å². The summed E-state index contributed by atoms with van der Waals surface area (Å²) in [5, 5.41) is 15.2. The zero-order valence-corrected chi connectivity index (χ0v) is 13.9. The molecule has 4 N–H and O–H groups in total. The van der Waals surface area contributed by atoms with Gasteiger partial charge in [-0.05, 0) is 31.0 Å². The number of nitrogens with one attached hydrogen (secondary N) is 2. The number of hydrogen-bond donors (Lipinski definition) is 3. The summed E-state index contributed by atoms with van der Waals surface area (Å²) in [7, 11) is -3.83. The third kappa shape index (κ3) is 3.49. The van der Waals surface area contributed by atoms with E-state index in [1.165, 1.54) is 25.1 Å². The molecule has 0 radical (unpaired) electrons. The Labute approximate surface area is 149 Å². The van der Waals surface area contributed by atoms with Gasteiger partial charge in [-0.2, -0.15) is 5.10 Å². The van der Waals surface area contributed by atoms with Crippen LogP contribution in [-0.4, -0.2) is 33.6 Å². The van der Waals surface area contributed by atoms with E-state index in [1.54, 1.807) is 18.3 Å². The van der Waals surface area contributed by atoms with Crippen LogP contribution in [-0.2, 0) is 10.0 Å². The van der Waals surface area contributed by atoms with Crippen molar-refractivity contribution < 1.29 is 14.1 Å². The molecule has 0 atom stereocenters. The third-order valence-corrected chi connectivity index (χ3v) is 4.64. The highest BCUT2D eigenvalue weighted by atomic mass is 32.2. The Morgan fingerprint density at radius 3 is 2.72 bits per heavy atom. The van der Waals surface area contributed by atoms with E-state index in [0.717, 1.165) is 5.69 Å². The van der Waals surface area contributed by atoms with Crippen LogP contribution in [0, 0.1) is 0 Å². The van der Waals surface area contributed by atoms with Gasteiger partial charge in [0.05, 0.1) is 0 Å². The number of pyridine rings is 1. The maximum absolute atomic E-state index is 11.3. The summed E-state index contributed by atoms with van der Waals surface area (Å²) in [6.45, 7) is 0. The van der Waals surface area contributed by atoms with Gasteiger partial charge < -0.3 is 5.32 Å². The van der Waals surface area contributed by atoms with Gasteiger partial charge in [-0.15, -0.1) is 0 Å². The van der Waals surface area contributed by atoms with E-state index in [0.29, 0.717) is 28.9 Å². The Bertz CT molecular complexity index is 1030. The second-order valence-corrected chi connectivity index (χ2v) is 7.31. The van der Waals surface area contributed by atoms with Crippen LogP contribution >= 0.6 is 0 Å². The second-order valence-electron chi connectivity index (χ2n) is 5.80. The molecule has 0 amide bonds. The molecular weight excluding hydrogens is 342 g/mol. The van der Waals surface area contributed by atoms with Crippen LogP contribution in [0.4, 0.5) is 11.6 Å². The normalized spacial score (nSPS) is 14.4. The van der Waals surface area contributed by atoms with Gasteiger partial charge in [0.25, 0.3) is 10.0 Å². The average molecular weight is 365 g/mol. The molecule has 3 aromatic heterocycles. The smallest absolute Gasteiger partial charge is 0.255 e. The maximum Gasteiger partial charge on any atom is 0.255 e. The molecule has 4 rings (SSSR count). The Kier molecular flexibility index (Phi) is 3.70. The topological polar surface area (TPSA) is 140 Å². The molecule has 0 aromatic carbocycles. The molecule has 1 saturated carbocycles. The van der Waals surface area contributed by atoms with Gasteiger partial charge in [0.2, 0.25) is 0 Å². The number of aromatic nitrogens is 5. The van der Waals surface area contributed by atoms with Crippen LogP contribution in [0.1, 0.15) is 30.2 Å². The molecular formula is C15H23N7O2S. The number of nitrogens with zero attached hydrogens (tertiary/aromatic N) is 4. The first-order valence-corrected chi connectivity index (χ1v) is 9.18. The van der Waals surface area contributed by atoms with Crippen LogP contribution < -0.4 is 10.5 Å². The fourth-order valence-corrected chi connectivity index (χ4v) is 2.84. The molecule has 1 aliphatic carbocycles. The number of primary sulfonamides is 1. The highest BCUT2D eigenvalue weighted by Crippen LogP contribution is 2.39. The second kappa shape index (κ2) is 5.90. The van der Waals surface area contributed by atoms with Crippen molar-refractivity contribution in [1.29, 1.82) is 0 Å². The van der Waals surface area contributed by atoms with Gasteiger partial charge in [0, 0.05) is 41.3 Å². The summed E-state index contributed by atoms with van der Waals surface area (Å²) in [6, 6.07) is 6.58. The fraction of sp³-hybridized carbons (Fsp3) is 0.200. The lowest BCUT2D eigenvalue weighted by Gasteiger charge is -2.05. The maximum atomic E-state index is 11.3. The van der Waals surface area contributed by atoms with Crippen molar-refractivity contribution in [1.82, 2.24) is 25.1 Å². The number of anilines is 2. The molecule has 0 saturated heterocycles. The lowest BCUT2D eigenvalue weighted by Crippen LogP contribution is -2.13. The zero-order valence-electron chi connectivity index (χ0n) is 13.0. The van der Waals surface area contributed by atoms with Crippen molar-refractivity contribution in [2.75, 3.05) is 5.32 Å². The van der Waals surface area contributed by atoms with E-state index in [1.807, 2.05) is 6.07 Å². The molecule has 1 fully saturated rings. The van der Waals surface area contributed by atoms with Crippen LogP contribution in [0.3, 0.4) is 0 Å². The molecule has 0 aliphatic heterocycles. The van der Waals surface area contributed by atoms with Crippen molar-refractivity contribution >= 4 is 21.7 Å². The Morgan fingerprint density at radius 2 is 2.04 bits per heavy atom. The minimum atomic E-state index is -3.83. The largest absolute Gasteiger partial charge is 0.323 e. The zero-order chi connectivity index (χ0) is 17.4. The lowest BCUT2D eigenvalue weighted by atomic mass is 10.2. The SMILES string of the molecule is NS(=O)(=O)c1ccc(-c2nccc(Nc3cc(C4CC4)[nH]n3)n2)cn1.[HH].[HH].[HH].[HH]. The van der Waals surface area contributed by atoms with E-state index in [4.69, 9.17) is 5.14 Å². The molecule has 1 aliphatic rings. The minimum absolute atomic E-state index is 0. The highest BCUT2D eigenvalue weighted by Gasteiger charge is 2.25. The van der Waals surface area contributed by atoms with Crippen LogP contribution in [0.2, 0.25) is 0 Å². The van der Waals surface area contributed by atoms with Gasteiger partial charge in [-0.25, -0.2) is 28.5 Å². The summed E-state index contributed by atoms with van der Waals surface area (Å²) in [5.41, 5.74) is 1.70. The van der Waals surface area contributed by atoms with Gasteiger partial charge in [0.15, 0.2) is 16.7 Å². The standard InChI is InChI=1S/C15H15N7O2S.4H2/c16-25(23,24)14-4-3-10(8-18-14)15-17-6-5-12(20-15)19-13-7-11(21-22-13)9-1-2-9;;;;/h3-9H,1-2H2,(H2,16,23,24)(H2,17,19,20,21,22);4*1H. The van der Waals surface area contributed by atoms with E-state index in [-0.39, 0.29) is 10.7 Å². The quantitative estimate of drug-likeness (QED) is 0.631. The molecule has 136 valence electrons. The number of rotatable bonds is 5. The summed E-state index contributed by atoms with van der Waals surface area (Å²) in [6.07, 6.45) is 5.37. The lowest BCUT2D eigenvalue weighted by molar-refractivity contribution is 0.594. The first-order chi connectivity index (χ1) is 12.0. The summed E-state index contributed by atoms with van der Waals surface area (Å²) >= 11 is 0. The minimum Gasteiger partial charge on any atom is -0.323 e. The van der Waals surface area contributed by atoms with Gasteiger partial charge in [0.1, 0.15) is 5.82 Å². The number of nitrogens with two attached hydrogens (primary N) is 1. The monoisotopic (exact) mass is 365 g/mol. The molecule has 0 bridgehead atoms. The molecule has 25 heavy (non-hydrogen) atoms. The first kappa shape index (κ1) is 15.7. The third-order valence-electron chi connectivity index (χ3n) is 3.81. The summed E-state index contributed by atoms with van der Waals surface area (Å²) < 4.78 is 22.5. The van der Waals surface area contributed by atoms with Crippen LogP contribution in [0.15, 0.2) is 41.7 Å². The predicted molar refractivity (Wildman–Crippen MR) is 98.9 cm³/mol. The van der Waals surface area contributed by atoms with Crippen molar-refractivity contribution in [3.63, 3.8) is 0 Å². The van der Waals surface area contributed by atoms with Gasteiger partial charge in [-0.3, -0.25) is 5.10 Å². The molecule has 10 heteroatoms. The van der Waals surface area contributed by atoms with Crippen molar-refractivity contribution in [2.45, 2.75) is 23.8 Å². The van der Waals surface area contributed by atoms with Gasteiger partial charge >= 0.3 is 0 Å². The highest BCUT2D eigenvalue weighted by molar-refractivity contribution is 7.89. The van der Waals surface area contributed by atoms with E-state index < -0.39 is 10.0 Å². The fourth-order valence-electron chi connectivity index (χ4n) is 2.38. The van der Waals surface area contributed by atoms with Crippen LogP contribution in [0.5, 0.6) is 0 Å². The Morgan fingerprint density at radius 1 is 1.20 bits per heavy atom. The molecule has 3 heterocycles. The summed E-state index contributed by atoms with van der Waals surface area (Å²) in [4.78, 5) is 12.4. The number of hydrogen-bond acceptors (Lipinski definition) is 7.